The van der Waals surface area contributed by atoms with E-state index >= 15 is 0 Å². The Labute approximate surface area is 279 Å². The third-order valence-corrected chi connectivity index (χ3v) is 9.48. The normalized spacial score (nSPS) is 12.5. The summed E-state index contributed by atoms with van der Waals surface area (Å²) < 4.78 is 41.4. The van der Waals surface area contributed by atoms with E-state index in [2.05, 4.69) is 11.1 Å². The number of carbonyl (C=O) groups excluding carboxylic acids is 1. The van der Waals surface area contributed by atoms with Crippen LogP contribution in [0.4, 0.5) is 13.2 Å². The average Bonchev–Trinajstić information content (AvgIpc) is 2.99. The number of alkyl halides is 3. The number of benzene rings is 3. The first-order valence-corrected chi connectivity index (χ1v) is 15.4. The topological polar surface area (TPSA) is 50.2 Å². The maximum Gasteiger partial charge on any atom is 0.417 e. The van der Waals surface area contributed by atoms with Gasteiger partial charge in [-0.05, 0) is 71.5 Å². The van der Waals surface area contributed by atoms with Gasteiger partial charge >= 0.3 is 6.18 Å². The number of hydrogen-bond donors (Lipinski definition) is 1. The molecule has 1 radical (unpaired) electrons. The van der Waals surface area contributed by atoms with E-state index in [1.165, 1.54) is 19.1 Å². The molecule has 0 aliphatic rings. The molecule has 4 aromatic rings. The van der Waals surface area contributed by atoms with E-state index < -0.39 is 11.7 Å². The van der Waals surface area contributed by atoms with E-state index in [4.69, 9.17) is 0 Å². The fraction of sp³-hybridized carbons (Fsp3) is 0.421. The molecule has 3 aromatic carbocycles. The van der Waals surface area contributed by atoms with Gasteiger partial charge in [-0.25, -0.2) is 0 Å². The Morgan fingerprint density at radius 3 is 1.93 bits per heavy atom. The molecule has 45 heavy (non-hydrogen) atoms. The Bertz CT molecular complexity index is 1660. The molecule has 0 spiro atoms. The molecule has 1 N–H and O–H groups in total. The van der Waals surface area contributed by atoms with E-state index in [-0.39, 0.29) is 53.4 Å². The average molecular weight is 797 g/mol. The smallest absolute Gasteiger partial charge is 0.417 e. The summed E-state index contributed by atoms with van der Waals surface area (Å²) in [4.78, 5) is 16.7. The number of aromatic nitrogens is 1. The van der Waals surface area contributed by atoms with Crippen LogP contribution in [0, 0.1) is 37.7 Å². The first kappa shape index (κ1) is 38.2. The van der Waals surface area contributed by atoms with Gasteiger partial charge in [0.15, 0.2) is 5.78 Å². The maximum absolute atomic E-state index is 13.8. The van der Waals surface area contributed by atoms with Crippen molar-refractivity contribution < 1.29 is 43.2 Å². The van der Waals surface area contributed by atoms with Gasteiger partial charge in [0, 0.05) is 43.2 Å². The summed E-state index contributed by atoms with van der Waals surface area (Å²) in [6.45, 7) is 17.6. The van der Waals surface area contributed by atoms with Gasteiger partial charge in [0.25, 0.3) is 0 Å². The number of aliphatic hydroxyl groups is 1. The minimum atomic E-state index is -4.42. The van der Waals surface area contributed by atoms with Crippen LogP contribution in [0.5, 0.6) is 0 Å². The summed E-state index contributed by atoms with van der Waals surface area (Å²) in [5.41, 5.74) is 2.53. The SMILES string of the molecule is CCC(C)(CC)C(=O)/C=C(\O)C(C)(CC)CC.Cc1[c-]c(-c2nccc3c(C)c(C(F)(F)F)c4ccccc4c23)cc(C)c1.[Ir]. The fourth-order valence-corrected chi connectivity index (χ4v) is 5.58. The second kappa shape index (κ2) is 15.0. The molecular formula is C38H45F3IrNO2-. The second-order valence-electron chi connectivity index (χ2n) is 12.3. The Morgan fingerprint density at radius 2 is 1.42 bits per heavy atom. The van der Waals surface area contributed by atoms with Gasteiger partial charge < -0.3 is 10.1 Å². The minimum Gasteiger partial charge on any atom is -0.512 e. The molecular weight excluding hydrogens is 752 g/mol. The molecule has 0 aliphatic heterocycles. The monoisotopic (exact) mass is 797 g/mol. The molecule has 4 rings (SSSR count). The number of nitrogens with zero attached hydrogens (tertiary/aromatic N) is 1. The van der Waals surface area contributed by atoms with Gasteiger partial charge in [0.1, 0.15) is 5.76 Å². The van der Waals surface area contributed by atoms with Crippen molar-refractivity contribution in [2.24, 2.45) is 10.8 Å². The van der Waals surface area contributed by atoms with Crippen molar-refractivity contribution in [2.75, 3.05) is 0 Å². The van der Waals surface area contributed by atoms with Gasteiger partial charge in [-0.2, -0.15) is 13.2 Å². The maximum atomic E-state index is 13.8. The summed E-state index contributed by atoms with van der Waals surface area (Å²) in [6.07, 6.45) is 1.91. The van der Waals surface area contributed by atoms with Crippen LogP contribution in [-0.4, -0.2) is 15.9 Å². The Morgan fingerprint density at radius 1 is 0.867 bits per heavy atom. The summed E-state index contributed by atoms with van der Waals surface area (Å²) in [6, 6.07) is 15.6. The quantitative estimate of drug-likeness (QED) is 0.0836. The predicted molar refractivity (Wildman–Crippen MR) is 176 cm³/mol. The number of hydrogen-bond acceptors (Lipinski definition) is 3. The number of fused-ring (bicyclic) bond motifs is 3. The van der Waals surface area contributed by atoms with Crippen molar-refractivity contribution in [1.82, 2.24) is 4.98 Å². The summed E-state index contributed by atoms with van der Waals surface area (Å²) in [5, 5.41) is 12.2. The van der Waals surface area contributed by atoms with Crippen LogP contribution in [0.25, 0.3) is 32.8 Å². The molecule has 245 valence electrons. The van der Waals surface area contributed by atoms with E-state index in [1.54, 1.807) is 30.5 Å². The molecule has 0 saturated heterocycles. The molecule has 0 fully saturated rings. The third kappa shape index (κ3) is 8.04. The fourth-order valence-electron chi connectivity index (χ4n) is 5.58. The van der Waals surface area contributed by atoms with Crippen LogP contribution in [0.1, 0.15) is 89.5 Å². The largest absolute Gasteiger partial charge is 0.512 e. The number of ketones is 1. The van der Waals surface area contributed by atoms with E-state index in [1.807, 2.05) is 67.5 Å². The Kier molecular flexibility index (Phi) is 12.8. The number of pyridine rings is 1. The minimum absolute atomic E-state index is 0. The van der Waals surface area contributed by atoms with Gasteiger partial charge in [-0.1, -0.05) is 79.7 Å². The van der Waals surface area contributed by atoms with Crippen molar-refractivity contribution in [3.8, 4) is 11.3 Å². The van der Waals surface area contributed by atoms with Gasteiger partial charge in [0.2, 0.25) is 0 Å². The molecule has 1 aromatic heterocycles. The van der Waals surface area contributed by atoms with E-state index in [9.17, 15) is 23.1 Å². The Balaban J connectivity index is 0.000000343. The zero-order valence-electron chi connectivity index (χ0n) is 27.8. The third-order valence-electron chi connectivity index (χ3n) is 9.48. The van der Waals surface area contributed by atoms with Crippen molar-refractivity contribution in [2.45, 2.75) is 94.2 Å². The molecule has 0 bridgehead atoms. The first-order chi connectivity index (χ1) is 20.6. The molecule has 7 heteroatoms. The number of aryl methyl sites for hydroxylation is 3. The number of allylic oxidation sites excluding steroid dienone is 2. The molecule has 0 unspecified atom stereocenters. The summed E-state index contributed by atoms with van der Waals surface area (Å²) >= 11 is 0. The first-order valence-electron chi connectivity index (χ1n) is 15.4. The predicted octanol–water partition coefficient (Wildman–Crippen LogP) is 11.4. The second-order valence-corrected chi connectivity index (χ2v) is 12.3. The molecule has 0 amide bonds. The molecule has 1 heterocycles. The summed E-state index contributed by atoms with van der Waals surface area (Å²) in [5.74, 6) is 0.286. The molecule has 3 nitrogen and oxygen atoms in total. The van der Waals surface area contributed by atoms with Gasteiger partial charge in [-0.3, -0.25) is 4.79 Å². The molecule has 0 saturated carbocycles. The van der Waals surface area contributed by atoms with Gasteiger partial charge in [-0.15, -0.1) is 34.9 Å². The van der Waals surface area contributed by atoms with Crippen LogP contribution >= 0.6 is 0 Å². The zero-order chi connectivity index (χ0) is 33.0. The van der Waals surface area contributed by atoms with Crippen molar-refractivity contribution in [3.63, 3.8) is 0 Å². The van der Waals surface area contributed by atoms with Crippen LogP contribution < -0.4 is 0 Å². The molecule has 0 aliphatic carbocycles. The number of aliphatic hydroxyl groups excluding tert-OH is 1. The van der Waals surface area contributed by atoms with Crippen LogP contribution in [-0.2, 0) is 31.1 Å². The number of halogens is 3. The Hall–Kier alpha value is -3.02. The van der Waals surface area contributed by atoms with Crippen molar-refractivity contribution in [3.05, 3.63) is 88.8 Å². The standard InChI is InChI=1S/C23H17F3N.C15H28O2.Ir/c1-13-10-14(2)12-16(11-13)22-20-17(8-9-27-22)15(3)21(23(24,25)26)19-7-5-4-6-18(19)20;1-7-14(5,8-2)12(16)11-13(17)15(6,9-3)10-4;/h4-11H,1-3H3;11,16H,7-10H2,1-6H3;/q-1;;/b;12-11-;. The van der Waals surface area contributed by atoms with Crippen LogP contribution in [0.2, 0.25) is 0 Å². The van der Waals surface area contributed by atoms with E-state index in [0.29, 0.717) is 16.5 Å². The van der Waals surface area contributed by atoms with Crippen LogP contribution in [0.3, 0.4) is 0 Å². The van der Waals surface area contributed by atoms with Crippen molar-refractivity contribution >= 4 is 27.3 Å². The number of rotatable bonds is 8. The van der Waals surface area contributed by atoms with Crippen LogP contribution in [0.15, 0.2) is 60.5 Å². The van der Waals surface area contributed by atoms with Crippen molar-refractivity contribution in [1.29, 1.82) is 0 Å². The number of carbonyl (C=O) groups is 1. The zero-order valence-corrected chi connectivity index (χ0v) is 30.2. The molecule has 0 atom stereocenters. The van der Waals surface area contributed by atoms with E-state index in [0.717, 1.165) is 47.8 Å². The summed E-state index contributed by atoms with van der Waals surface area (Å²) in [7, 11) is 0. The van der Waals surface area contributed by atoms with Gasteiger partial charge in [0.05, 0.1) is 5.56 Å².